The van der Waals surface area contributed by atoms with Gasteiger partial charge in [-0.25, -0.2) is 4.79 Å². The molecule has 1 aromatic carbocycles. The summed E-state index contributed by atoms with van der Waals surface area (Å²) < 4.78 is 0. The summed E-state index contributed by atoms with van der Waals surface area (Å²) in [6.45, 7) is 4.31. The molecule has 0 unspecified atom stereocenters. The van der Waals surface area contributed by atoms with Crippen LogP contribution < -0.4 is 16.4 Å². The van der Waals surface area contributed by atoms with Crippen LogP contribution in [-0.4, -0.2) is 12.1 Å². The van der Waals surface area contributed by atoms with Gasteiger partial charge in [0.2, 0.25) is 0 Å². The highest BCUT2D eigenvalue weighted by Gasteiger charge is 2.02. The Labute approximate surface area is 96.2 Å². The van der Waals surface area contributed by atoms with Gasteiger partial charge in [0.25, 0.3) is 0 Å². The number of amides is 2. The molecule has 0 spiro atoms. The number of urea groups is 1. The number of hydrogen-bond donors (Lipinski definition) is 3. The van der Waals surface area contributed by atoms with Crippen molar-refractivity contribution in [1.82, 2.24) is 0 Å². The third-order valence-corrected chi connectivity index (χ3v) is 2.51. The van der Waals surface area contributed by atoms with Gasteiger partial charge >= 0.3 is 6.03 Å². The molecule has 0 aromatic heterocycles. The van der Waals surface area contributed by atoms with Crippen LogP contribution in [0.15, 0.2) is 24.3 Å². The zero-order valence-corrected chi connectivity index (χ0v) is 9.79. The molecule has 0 heterocycles. The molecule has 4 nitrogen and oxygen atoms in total. The van der Waals surface area contributed by atoms with Gasteiger partial charge in [0.15, 0.2) is 0 Å². The van der Waals surface area contributed by atoms with E-state index in [2.05, 4.69) is 24.5 Å². The Balaban J connectivity index is 2.60. The average Bonchev–Trinajstić information content (AvgIpc) is 2.27. The summed E-state index contributed by atoms with van der Waals surface area (Å²) in [4.78, 5) is 10.6. The number of nitrogens with one attached hydrogen (secondary N) is 2. The van der Waals surface area contributed by atoms with Crippen molar-refractivity contribution in [3.05, 3.63) is 24.3 Å². The van der Waals surface area contributed by atoms with Crippen molar-refractivity contribution in [1.29, 1.82) is 0 Å². The second kappa shape index (κ2) is 6.00. The molecule has 0 atom stereocenters. The van der Waals surface area contributed by atoms with Gasteiger partial charge in [-0.05, 0) is 37.1 Å². The standard InChI is InChI=1S/C12H19N3O/c1-3-9(4-2)14-10-5-7-11(8-6-10)15-12(13)16/h5-9,14H,3-4H2,1-2H3,(H3,13,15,16). The van der Waals surface area contributed by atoms with Crippen LogP contribution in [0.25, 0.3) is 0 Å². The molecule has 4 N–H and O–H groups in total. The minimum atomic E-state index is -0.541. The van der Waals surface area contributed by atoms with E-state index in [1.54, 1.807) is 0 Å². The zero-order valence-electron chi connectivity index (χ0n) is 9.79. The predicted octanol–water partition coefficient (Wildman–Crippen LogP) is 2.78. The van der Waals surface area contributed by atoms with Gasteiger partial charge < -0.3 is 16.4 Å². The summed E-state index contributed by atoms with van der Waals surface area (Å²) in [5.74, 6) is 0. The lowest BCUT2D eigenvalue weighted by molar-refractivity contribution is 0.259. The number of benzene rings is 1. The Bertz CT molecular complexity index is 331. The van der Waals surface area contributed by atoms with Crippen molar-refractivity contribution >= 4 is 17.4 Å². The highest BCUT2D eigenvalue weighted by Crippen LogP contribution is 2.15. The van der Waals surface area contributed by atoms with Crippen molar-refractivity contribution in [2.45, 2.75) is 32.7 Å². The number of nitrogens with two attached hydrogens (primary N) is 1. The summed E-state index contributed by atoms with van der Waals surface area (Å²) in [6, 6.07) is 7.48. The van der Waals surface area contributed by atoms with Crippen molar-refractivity contribution < 1.29 is 4.79 Å². The number of rotatable bonds is 5. The van der Waals surface area contributed by atoms with E-state index in [0.29, 0.717) is 11.7 Å². The number of anilines is 2. The second-order valence-electron chi connectivity index (χ2n) is 3.72. The van der Waals surface area contributed by atoms with Gasteiger partial charge in [0, 0.05) is 17.4 Å². The Morgan fingerprint density at radius 3 is 2.12 bits per heavy atom. The maximum absolute atomic E-state index is 10.6. The molecule has 0 saturated carbocycles. The molecule has 0 aliphatic heterocycles. The monoisotopic (exact) mass is 221 g/mol. The SMILES string of the molecule is CCC(CC)Nc1ccc(NC(N)=O)cc1. The molecule has 0 aliphatic rings. The molecule has 0 radical (unpaired) electrons. The van der Waals surface area contributed by atoms with Gasteiger partial charge in [-0.2, -0.15) is 0 Å². The fraction of sp³-hybridized carbons (Fsp3) is 0.417. The van der Waals surface area contributed by atoms with Crippen molar-refractivity contribution in [3.8, 4) is 0 Å². The lowest BCUT2D eigenvalue weighted by atomic mass is 10.1. The maximum atomic E-state index is 10.6. The van der Waals surface area contributed by atoms with Crippen LogP contribution in [0.1, 0.15) is 26.7 Å². The molecule has 1 aromatic rings. The third kappa shape index (κ3) is 3.81. The first-order chi connectivity index (χ1) is 7.65. The highest BCUT2D eigenvalue weighted by molar-refractivity contribution is 5.87. The van der Waals surface area contributed by atoms with E-state index in [1.807, 2.05) is 24.3 Å². The number of carbonyl (C=O) groups is 1. The van der Waals surface area contributed by atoms with Crippen LogP contribution in [0.2, 0.25) is 0 Å². The van der Waals surface area contributed by atoms with Gasteiger partial charge in [-0.3, -0.25) is 0 Å². The number of carbonyl (C=O) groups excluding carboxylic acids is 1. The van der Waals surface area contributed by atoms with E-state index >= 15 is 0 Å². The molecule has 0 bridgehead atoms. The fourth-order valence-electron chi connectivity index (χ4n) is 1.52. The van der Waals surface area contributed by atoms with Crippen LogP contribution in [0, 0.1) is 0 Å². The van der Waals surface area contributed by atoms with Crippen LogP contribution >= 0.6 is 0 Å². The first-order valence-electron chi connectivity index (χ1n) is 5.58. The molecule has 0 fully saturated rings. The first kappa shape index (κ1) is 12.4. The lowest BCUT2D eigenvalue weighted by Gasteiger charge is -2.16. The number of hydrogen-bond acceptors (Lipinski definition) is 2. The van der Waals surface area contributed by atoms with Crippen molar-refractivity contribution in [2.24, 2.45) is 5.73 Å². The highest BCUT2D eigenvalue weighted by atomic mass is 16.2. The van der Waals surface area contributed by atoms with E-state index in [1.165, 1.54) is 0 Å². The van der Waals surface area contributed by atoms with E-state index in [4.69, 9.17) is 5.73 Å². The minimum absolute atomic E-state index is 0.495. The molecule has 16 heavy (non-hydrogen) atoms. The molecule has 4 heteroatoms. The summed E-state index contributed by atoms with van der Waals surface area (Å²) >= 11 is 0. The normalized spacial score (nSPS) is 10.2. The smallest absolute Gasteiger partial charge is 0.316 e. The molecule has 88 valence electrons. The molecular weight excluding hydrogens is 202 g/mol. The fourth-order valence-corrected chi connectivity index (χ4v) is 1.52. The molecule has 0 aliphatic carbocycles. The third-order valence-electron chi connectivity index (χ3n) is 2.51. The lowest BCUT2D eigenvalue weighted by Crippen LogP contribution is -2.19. The predicted molar refractivity (Wildman–Crippen MR) is 67.6 cm³/mol. The van der Waals surface area contributed by atoms with E-state index in [9.17, 15) is 4.79 Å². The van der Waals surface area contributed by atoms with Gasteiger partial charge in [-0.1, -0.05) is 13.8 Å². The topological polar surface area (TPSA) is 67.2 Å². The Morgan fingerprint density at radius 1 is 1.19 bits per heavy atom. The summed E-state index contributed by atoms with van der Waals surface area (Å²) in [6.07, 6.45) is 2.19. The Kier molecular flexibility index (Phi) is 4.64. The van der Waals surface area contributed by atoms with Crippen LogP contribution in [0.3, 0.4) is 0 Å². The quantitative estimate of drug-likeness (QED) is 0.715. The van der Waals surface area contributed by atoms with Gasteiger partial charge in [-0.15, -0.1) is 0 Å². The van der Waals surface area contributed by atoms with Crippen LogP contribution in [-0.2, 0) is 0 Å². The van der Waals surface area contributed by atoms with Crippen LogP contribution in [0.5, 0.6) is 0 Å². The molecule has 1 rings (SSSR count). The average molecular weight is 221 g/mol. The first-order valence-corrected chi connectivity index (χ1v) is 5.58. The molecule has 0 saturated heterocycles. The Hall–Kier alpha value is -1.71. The second-order valence-corrected chi connectivity index (χ2v) is 3.72. The summed E-state index contributed by atoms with van der Waals surface area (Å²) in [5.41, 5.74) is 6.79. The van der Waals surface area contributed by atoms with E-state index in [0.717, 1.165) is 18.5 Å². The number of primary amides is 1. The Morgan fingerprint density at radius 2 is 1.69 bits per heavy atom. The van der Waals surface area contributed by atoms with Crippen LogP contribution in [0.4, 0.5) is 16.2 Å². The molecule has 2 amide bonds. The van der Waals surface area contributed by atoms with Gasteiger partial charge in [0.1, 0.15) is 0 Å². The largest absolute Gasteiger partial charge is 0.382 e. The van der Waals surface area contributed by atoms with E-state index in [-0.39, 0.29) is 0 Å². The van der Waals surface area contributed by atoms with Crippen molar-refractivity contribution in [3.63, 3.8) is 0 Å². The van der Waals surface area contributed by atoms with Crippen molar-refractivity contribution in [2.75, 3.05) is 10.6 Å². The maximum Gasteiger partial charge on any atom is 0.316 e. The van der Waals surface area contributed by atoms with E-state index < -0.39 is 6.03 Å². The summed E-state index contributed by atoms with van der Waals surface area (Å²) in [5, 5.41) is 5.94. The summed E-state index contributed by atoms with van der Waals surface area (Å²) in [7, 11) is 0. The zero-order chi connectivity index (χ0) is 12.0. The minimum Gasteiger partial charge on any atom is -0.382 e. The van der Waals surface area contributed by atoms with Gasteiger partial charge in [0.05, 0.1) is 0 Å². The molecular formula is C12H19N3O.